The second-order valence-corrected chi connectivity index (χ2v) is 8.00. The molecule has 0 unspecified atom stereocenters. The van der Waals surface area contributed by atoms with Crippen LogP contribution in [0.1, 0.15) is 0 Å². The van der Waals surface area contributed by atoms with Crippen molar-refractivity contribution < 1.29 is 27.8 Å². The molecule has 0 bridgehead atoms. The van der Waals surface area contributed by atoms with Crippen molar-refractivity contribution in [1.82, 2.24) is 9.26 Å². The van der Waals surface area contributed by atoms with Gasteiger partial charge in [0.05, 0.1) is 0 Å². The number of nitrogens with zero attached hydrogens (tertiary/aromatic N) is 2. The minimum Gasteiger partial charge on any atom is -0.357 e. The van der Waals surface area contributed by atoms with E-state index in [1.165, 1.54) is 0 Å². The van der Waals surface area contributed by atoms with Gasteiger partial charge in [0, 0.05) is 0 Å². The first-order chi connectivity index (χ1) is 16.1. The summed E-state index contributed by atoms with van der Waals surface area (Å²) in [5.74, 6) is 0.875. The van der Waals surface area contributed by atoms with E-state index in [0.717, 1.165) is 0 Å². The van der Waals surface area contributed by atoms with Crippen LogP contribution in [0.2, 0.25) is 0 Å². The molecular formula is C24H20N2O6S. The third-order valence-electron chi connectivity index (χ3n) is 4.07. The Balaban J connectivity index is 1.69. The highest BCUT2D eigenvalue weighted by atomic mass is 32.2. The molecule has 0 aliphatic heterocycles. The van der Waals surface area contributed by atoms with Crippen LogP contribution in [0.5, 0.6) is 23.0 Å². The van der Waals surface area contributed by atoms with Gasteiger partial charge in [-0.1, -0.05) is 72.8 Å². The minimum atomic E-state index is -4.68. The van der Waals surface area contributed by atoms with Gasteiger partial charge in [-0.2, -0.15) is 8.42 Å². The summed E-state index contributed by atoms with van der Waals surface area (Å²) in [5.41, 5.74) is 0. The largest absolute Gasteiger partial charge is 0.413 e. The van der Waals surface area contributed by atoms with E-state index in [1.54, 1.807) is 121 Å². The van der Waals surface area contributed by atoms with E-state index in [9.17, 15) is 8.42 Å². The van der Waals surface area contributed by atoms with E-state index in [4.69, 9.17) is 19.4 Å². The van der Waals surface area contributed by atoms with E-state index in [0.29, 0.717) is 9.26 Å². The van der Waals surface area contributed by atoms with Gasteiger partial charge in [0.2, 0.25) is 0 Å². The second kappa shape index (κ2) is 10.5. The standard InChI is InChI=1S/C24H20N2O6S/c27-33(28,25(29-21-13-5-1-6-14-21)30-22-15-7-2-8-16-22)26(31-23-17-9-3-10-18-23)32-24-19-11-4-12-20-24/h1-20H. The Morgan fingerprint density at radius 1 is 0.394 bits per heavy atom. The molecular weight excluding hydrogens is 444 g/mol. The first kappa shape index (κ1) is 22.2. The Kier molecular flexibility index (Phi) is 7.06. The number of hydrogen-bond donors (Lipinski definition) is 0. The Morgan fingerprint density at radius 2 is 0.606 bits per heavy atom. The summed E-state index contributed by atoms with van der Waals surface area (Å²) in [6.07, 6.45) is 0. The molecule has 33 heavy (non-hydrogen) atoms. The molecule has 0 aliphatic carbocycles. The summed E-state index contributed by atoms with van der Waals surface area (Å²) in [6, 6.07) is 33.3. The third-order valence-corrected chi connectivity index (χ3v) is 5.12. The molecule has 0 saturated carbocycles. The molecule has 9 heteroatoms. The maximum Gasteiger partial charge on any atom is 0.413 e. The Morgan fingerprint density at radius 3 is 0.818 bits per heavy atom. The molecule has 8 nitrogen and oxygen atoms in total. The first-order valence-electron chi connectivity index (χ1n) is 9.89. The second-order valence-electron chi connectivity index (χ2n) is 6.51. The Bertz CT molecular complexity index is 1050. The lowest BCUT2D eigenvalue weighted by molar-refractivity contribution is -0.224. The highest BCUT2D eigenvalue weighted by molar-refractivity contribution is 7.86. The van der Waals surface area contributed by atoms with Crippen LogP contribution in [-0.4, -0.2) is 17.7 Å². The van der Waals surface area contributed by atoms with Gasteiger partial charge in [-0.3, -0.25) is 0 Å². The van der Waals surface area contributed by atoms with Crippen molar-refractivity contribution in [2.45, 2.75) is 0 Å². The lowest BCUT2D eigenvalue weighted by atomic mass is 10.3. The SMILES string of the molecule is O=S(=O)(N(Oc1ccccc1)Oc1ccccc1)N(Oc1ccccc1)Oc1ccccc1. The van der Waals surface area contributed by atoms with E-state index in [1.807, 2.05) is 0 Å². The molecule has 4 aromatic rings. The molecule has 0 heterocycles. The highest BCUT2D eigenvalue weighted by Gasteiger charge is 2.40. The van der Waals surface area contributed by atoms with Gasteiger partial charge < -0.3 is 19.4 Å². The van der Waals surface area contributed by atoms with Crippen molar-refractivity contribution in [3.63, 3.8) is 0 Å². The minimum absolute atomic E-state index is 0.219. The van der Waals surface area contributed by atoms with Gasteiger partial charge in [-0.15, -0.1) is 0 Å². The zero-order valence-corrected chi connectivity index (χ0v) is 18.1. The summed E-state index contributed by atoms with van der Waals surface area (Å²) < 4.78 is 27.8. The Labute approximate surface area is 191 Å². The van der Waals surface area contributed by atoms with Gasteiger partial charge in [0.15, 0.2) is 32.3 Å². The Hall–Kier alpha value is -4.05. The molecule has 0 aliphatic rings. The van der Waals surface area contributed by atoms with Crippen molar-refractivity contribution in [1.29, 1.82) is 0 Å². The fourth-order valence-electron chi connectivity index (χ4n) is 2.55. The number of para-hydroxylation sites is 4. The monoisotopic (exact) mass is 464 g/mol. The average Bonchev–Trinajstić information content (AvgIpc) is 2.86. The van der Waals surface area contributed by atoms with Crippen LogP contribution in [-0.2, 0) is 10.2 Å². The fraction of sp³-hybridized carbons (Fsp3) is 0. The molecule has 4 rings (SSSR count). The van der Waals surface area contributed by atoms with Gasteiger partial charge in [-0.25, -0.2) is 0 Å². The summed E-state index contributed by atoms with van der Waals surface area (Å²) in [7, 11) is -4.68. The molecule has 0 spiro atoms. The van der Waals surface area contributed by atoms with Gasteiger partial charge in [0.1, 0.15) is 0 Å². The highest BCUT2D eigenvalue weighted by Crippen LogP contribution is 2.23. The molecule has 0 aromatic heterocycles. The number of benzene rings is 4. The number of rotatable bonds is 10. The van der Waals surface area contributed by atoms with Crippen LogP contribution in [0.3, 0.4) is 0 Å². The van der Waals surface area contributed by atoms with Gasteiger partial charge >= 0.3 is 10.2 Å². The third kappa shape index (κ3) is 6.01. The van der Waals surface area contributed by atoms with E-state index in [2.05, 4.69) is 0 Å². The molecule has 168 valence electrons. The first-order valence-corrected chi connectivity index (χ1v) is 11.3. The van der Waals surface area contributed by atoms with Crippen molar-refractivity contribution in [2.24, 2.45) is 0 Å². The predicted molar refractivity (Wildman–Crippen MR) is 121 cm³/mol. The fourth-order valence-corrected chi connectivity index (χ4v) is 3.38. The zero-order chi connectivity index (χ0) is 22.9. The van der Waals surface area contributed by atoms with Crippen LogP contribution >= 0.6 is 0 Å². The van der Waals surface area contributed by atoms with Crippen molar-refractivity contribution in [2.75, 3.05) is 0 Å². The number of hydrogen-bond acceptors (Lipinski definition) is 6. The molecule has 0 fully saturated rings. The average molecular weight is 464 g/mol. The zero-order valence-electron chi connectivity index (χ0n) is 17.3. The van der Waals surface area contributed by atoms with E-state index < -0.39 is 10.2 Å². The van der Waals surface area contributed by atoms with Gasteiger partial charge in [0.25, 0.3) is 0 Å². The maximum absolute atomic E-state index is 13.6. The van der Waals surface area contributed by atoms with Crippen molar-refractivity contribution in [3.05, 3.63) is 121 Å². The lowest BCUT2D eigenvalue weighted by Gasteiger charge is -2.26. The van der Waals surface area contributed by atoms with Gasteiger partial charge in [-0.05, 0) is 48.5 Å². The summed E-state index contributed by atoms with van der Waals surface area (Å²) in [4.78, 5) is 22.2. The van der Waals surface area contributed by atoms with Crippen LogP contribution in [0.4, 0.5) is 0 Å². The summed E-state index contributed by atoms with van der Waals surface area (Å²) in [5, 5.41) is 0. The lowest BCUT2D eigenvalue weighted by Crippen LogP contribution is -2.50. The van der Waals surface area contributed by atoms with E-state index >= 15 is 0 Å². The van der Waals surface area contributed by atoms with Crippen LogP contribution in [0.25, 0.3) is 0 Å². The normalized spacial score (nSPS) is 11.2. The molecule has 0 saturated heterocycles. The quantitative estimate of drug-likeness (QED) is 0.314. The molecule has 4 aromatic carbocycles. The molecule has 0 amide bonds. The van der Waals surface area contributed by atoms with Crippen LogP contribution in [0.15, 0.2) is 121 Å². The summed E-state index contributed by atoms with van der Waals surface area (Å²) >= 11 is 0. The molecule has 0 atom stereocenters. The van der Waals surface area contributed by atoms with E-state index in [-0.39, 0.29) is 23.0 Å². The molecule has 0 radical (unpaired) electrons. The predicted octanol–water partition coefficient (Wildman–Crippen LogP) is 4.81. The smallest absolute Gasteiger partial charge is 0.357 e. The topological polar surface area (TPSA) is 77.5 Å². The van der Waals surface area contributed by atoms with Crippen LogP contribution in [0, 0.1) is 0 Å². The van der Waals surface area contributed by atoms with Crippen LogP contribution < -0.4 is 19.4 Å². The summed E-state index contributed by atoms with van der Waals surface area (Å²) in [6.45, 7) is 0. The van der Waals surface area contributed by atoms with Crippen molar-refractivity contribution in [3.8, 4) is 23.0 Å². The van der Waals surface area contributed by atoms with Crippen molar-refractivity contribution >= 4 is 10.2 Å². The maximum atomic E-state index is 13.6. The molecule has 0 N–H and O–H groups in total.